The Labute approximate surface area is 96.4 Å². The van der Waals surface area contributed by atoms with Crippen LogP contribution in [0.15, 0.2) is 24.3 Å². The van der Waals surface area contributed by atoms with E-state index in [1.165, 1.54) is 24.3 Å². The van der Waals surface area contributed by atoms with Crippen LogP contribution in [-0.2, 0) is 11.2 Å². The predicted molar refractivity (Wildman–Crippen MR) is 55.3 cm³/mol. The van der Waals surface area contributed by atoms with E-state index in [0.717, 1.165) is 5.56 Å². The largest absolute Gasteiger partial charge is 0.573 e. The summed E-state index contributed by atoms with van der Waals surface area (Å²) >= 11 is 0. The maximum absolute atomic E-state index is 11.9. The summed E-state index contributed by atoms with van der Waals surface area (Å²) in [6.45, 7) is 0. The Morgan fingerprint density at radius 3 is 2.29 bits per heavy atom. The molecule has 0 radical (unpaired) electrons. The molecule has 6 heteroatoms. The molecule has 0 aromatic heterocycles. The summed E-state index contributed by atoms with van der Waals surface area (Å²) in [5.41, 5.74) is 5.80. The van der Waals surface area contributed by atoms with Crippen molar-refractivity contribution in [1.29, 1.82) is 0 Å². The standard InChI is InChI=1S/C11H12F3NO2/c12-11(13,14)17-9-6-4-8(5-7-9)2-1-3-10(15)16/h4-7H,1-3H2,(H2,15,16). The van der Waals surface area contributed by atoms with E-state index in [0.29, 0.717) is 12.8 Å². The van der Waals surface area contributed by atoms with Crippen molar-refractivity contribution >= 4 is 5.91 Å². The number of alkyl halides is 3. The minimum atomic E-state index is -4.67. The van der Waals surface area contributed by atoms with Crippen molar-refractivity contribution in [3.63, 3.8) is 0 Å². The molecule has 0 saturated carbocycles. The SMILES string of the molecule is NC(=O)CCCc1ccc(OC(F)(F)F)cc1. The van der Waals surface area contributed by atoms with E-state index in [4.69, 9.17) is 5.73 Å². The number of hydrogen-bond donors (Lipinski definition) is 1. The third-order valence-corrected chi connectivity index (χ3v) is 2.05. The van der Waals surface area contributed by atoms with Gasteiger partial charge in [-0.05, 0) is 30.5 Å². The summed E-state index contributed by atoms with van der Waals surface area (Å²) in [6, 6.07) is 5.55. The second kappa shape index (κ2) is 5.56. The zero-order chi connectivity index (χ0) is 12.9. The van der Waals surface area contributed by atoms with Gasteiger partial charge < -0.3 is 10.5 Å². The number of benzene rings is 1. The highest BCUT2D eigenvalue weighted by molar-refractivity contribution is 5.73. The molecule has 17 heavy (non-hydrogen) atoms. The molecule has 0 bridgehead atoms. The molecule has 0 aliphatic rings. The number of nitrogens with two attached hydrogens (primary N) is 1. The Kier molecular flexibility index (Phi) is 4.37. The van der Waals surface area contributed by atoms with E-state index >= 15 is 0 Å². The second-order valence-electron chi connectivity index (χ2n) is 3.51. The Morgan fingerprint density at radius 2 is 1.82 bits per heavy atom. The number of carbonyl (C=O) groups excluding carboxylic acids is 1. The van der Waals surface area contributed by atoms with Crippen molar-refractivity contribution in [2.45, 2.75) is 25.6 Å². The molecule has 0 atom stereocenters. The van der Waals surface area contributed by atoms with Crippen molar-refractivity contribution in [3.05, 3.63) is 29.8 Å². The van der Waals surface area contributed by atoms with Crippen molar-refractivity contribution in [1.82, 2.24) is 0 Å². The number of ether oxygens (including phenoxy) is 1. The predicted octanol–water partition coefficient (Wildman–Crippen LogP) is 2.39. The van der Waals surface area contributed by atoms with Gasteiger partial charge in [-0.2, -0.15) is 0 Å². The van der Waals surface area contributed by atoms with Crippen molar-refractivity contribution in [2.75, 3.05) is 0 Å². The monoisotopic (exact) mass is 247 g/mol. The Balaban J connectivity index is 2.47. The summed E-state index contributed by atoms with van der Waals surface area (Å²) in [5.74, 6) is -0.641. The molecule has 2 N–H and O–H groups in total. The quantitative estimate of drug-likeness (QED) is 0.868. The molecule has 0 saturated heterocycles. The fourth-order valence-electron chi connectivity index (χ4n) is 1.32. The molecule has 0 unspecified atom stereocenters. The highest BCUT2D eigenvalue weighted by atomic mass is 19.4. The molecule has 3 nitrogen and oxygen atoms in total. The zero-order valence-electron chi connectivity index (χ0n) is 8.96. The van der Waals surface area contributed by atoms with Crippen molar-refractivity contribution in [3.8, 4) is 5.75 Å². The van der Waals surface area contributed by atoms with E-state index < -0.39 is 6.36 Å². The Hall–Kier alpha value is -1.72. The first-order valence-electron chi connectivity index (χ1n) is 5.00. The summed E-state index contributed by atoms with van der Waals surface area (Å²) in [5, 5.41) is 0. The number of hydrogen-bond acceptors (Lipinski definition) is 2. The molecule has 1 rings (SSSR count). The van der Waals surface area contributed by atoms with E-state index in [2.05, 4.69) is 4.74 Å². The van der Waals surface area contributed by atoms with Gasteiger partial charge in [-0.15, -0.1) is 13.2 Å². The fourth-order valence-corrected chi connectivity index (χ4v) is 1.32. The van der Waals surface area contributed by atoms with Crippen LogP contribution < -0.4 is 10.5 Å². The maximum Gasteiger partial charge on any atom is 0.573 e. The molecular weight excluding hydrogens is 235 g/mol. The van der Waals surface area contributed by atoms with Gasteiger partial charge in [-0.1, -0.05) is 12.1 Å². The van der Waals surface area contributed by atoms with Gasteiger partial charge in [0.15, 0.2) is 0 Å². The number of aryl methyl sites for hydroxylation is 1. The molecule has 1 aromatic rings. The summed E-state index contributed by atoms with van der Waals surface area (Å²) < 4.78 is 39.3. The van der Waals surface area contributed by atoms with Gasteiger partial charge in [0.25, 0.3) is 0 Å². The highest BCUT2D eigenvalue weighted by Crippen LogP contribution is 2.23. The van der Waals surface area contributed by atoms with E-state index in [1.54, 1.807) is 0 Å². The number of carbonyl (C=O) groups is 1. The first kappa shape index (κ1) is 13.3. The van der Waals surface area contributed by atoms with Crippen molar-refractivity contribution < 1.29 is 22.7 Å². The Morgan fingerprint density at radius 1 is 1.24 bits per heavy atom. The van der Waals surface area contributed by atoms with Crippen molar-refractivity contribution in [2.24, 2.45) is 5.73 Å². The maximum atomic E-state index is 11.9. The molecule has 0 aliphatic heterocycles. The van der Waals surface area contributed by atoms with Gasteiger partial charge in [-0.25, -0.2) is 0 Å². The molecular formula is C11H12F3NO2. The molecule has 1 aromatic carbocycles. The topological polar surface area (TPSA) is 52.3 Å². The van der Waals surface area contributed by atoms with Gasteiger partial charge >= 0.3 is 6.36 Å². The van der Waals surface area contributed by atoms with Crippen LogP contribution in [0.25, 0.3) is 0 Å². The third-order valence-electron chi connectivity index (χ3n) is 2.05. The zero-order valence-corrected chi connectivity index (χ0v) is 8.96. The number of rotatable bonds is 5. The highest BCUT2D eigenvalue weighted by Gasteiger charge is 2.30. The van der Waals surface area contributed by atoms with Crippen LogP contribution in [0.1, 0.15) is 18.4 Å². The number of halogens is 3. The average molecular weight is 247 g/mol. The molecule has 1 amide bonds. The lowest BCUT2D eigenvalue weighted by Gasteiger charge is -2.09. The minimum absolute atomic E-state index is 0.254. The Bertz CT molecular complexity index is 373. The molecule has 0 aliphatic carbocycles. The van der Waals surface area contributed by atoms with Crippen LogP contribution in [0.3, 0.4) is 0 Å². The summed E-state index contributed by atoms with van der Waals surface area (Å²) in [6.07, 6.45) is -3.24. The van der Waals surface area contributed by atoms with Gasteiger partial charge in [0.1, 0.15) is 5.75 Å². The first-order valence-corrected chi connectivity index (χ1v) is 5.00. The number of primary amides is 1. The van der Waals surface area contributed by atoms with Crippen LogP contribution in [0.2, 0.25) is 0 Å². The number of amides is 1. The lowest BCUT2D eigenvalue weighted by atomic mass is 10.1. The van der Waals surface area contributed by atoms with Crippen LogP contribution in [0.4, 0.5) is 13.2 Å². The lowest BCUT2D eigenvalue weighted by molar-refractivity contribution is -0.274. The van der Waals surface area contributed by atoms with E-state index in [-0.39, 0.29) is 18.1 Å². The second-order valence-corrected chi connectivity index (χ2v) is 3.51. The van der Waals surface area contributed by atoms with Gasteiger partial charge in [-0.3, -0.25) is 4.79 Å². The van der Waals surface area contributed by atoms with Crippen LogP contribution in [0.5, 0.6) is 5.75 Å². The fraction of sp³-hybridized carbons (Fsp3) is 0.364. The molecule has 0 heterocycles. The normalized spacial score (nSPS) is 11.2. The third kappa shape index (κ3) is 5.79. The van der Waals surface area contributed by atoms with Crippen LogP contribution in [0, 0.1) is 0 Å². The van der Waals surface area contributed by atoms with Crippen LogP contribution >= 0.6 is 0 Å². The van der Waals surface area contributed by atoms with E-state index in [9.17, 15) is 18.0 Å². The smallest absolute Gasteiger partial charge is 0.406 e. The average Bonchev–Trinajstić information content (AvgIpc) is 2.18. The van der Waals surface area contributed by atoms with Gasteiger partial charge in [0.2, 0.25) is 5.91 Å². The molecule has 0 fully saturated rings. The van der Waals surface area contributed by atoms with Crippen LogP contribution in [-0.4, -0.2) is 12.3 Å². The van der Waals surface area contributed by atoms with Gasteiger partial charge in [0, 0.05) is 6.42 Å². The van der Waals surface area contributed by atoms with Gasteiger partial charge in [0.05, 0.1) is 0 Å². The summed E-state index contributed by atoms with van der Waals surface area (Å²) in [7, 11) is 0. The molecule has 94 valence electrons. The lowest BCUT2D eigenvalue weighted by Crippen LogP contribution is -2.17. The summed E-state index contributed by atoms with van der Waals surface area (Å²) in [4.78, 5) is 10.5. The molecule has 0 spiro atoms. The first-order chi connectivity index (χ1) is 7.87. The van der Waals surface area contributed by atoms with E-state index in [1.807, 2.05) is 0 Å². The minimum Gasteiger partial charge on any atom is -0.406 e.